The number of carbonyl (C=O) groups excluding carboxylic acids is 3. The highest BCUT2D eigenvalue weighted by atomic mass is 16.6. The number of carbonyl (C=O) groups is 3. The van der Waals surface area contributed by atoms with Crippen molar-refractivity contribution < 1.29 is 28.6 Å². The molecule has 0 fully saturated rings. The Bertz CT molecular complexity index is 1490. The average molecular weight is 1010 g/mol. The molecule has 0 radical (unpaired) electrons. The van der Waals surface area contributed by atoms with Crippen LogP contribution in [0.25, 0.3) is 0 Å². The van der Waals surface area contributed by atoms with Gasteiger partial charge in [0.2, 0.25) is 0 Å². The zero-order valence-electron chi connectivity index (χ0n) is 47.6. The Hall–Kier alpha value is -3.93. The van der Waals surface area contributed by atoms with Crippen LogP contribution in [0.1, 0.15) is 278 Å². The van der Waals surface area contributed by atoms with Gasteiger partial charge in [-0.3, -0.25) is 14.4 Å². The van der Waals surface area contributed by atoms with Crippen molar-refractivity contribution in [2.75, 3.05) is 13.2 Å². The number of ether oxygens (including phenoxy) is 3. The van der Waals surface area contributed by atoms with Crippen LogP contribution in [0, 0.1) is 0 Å². The third kappa shape index (κ3) is 58.8. The fourth-order valence-electron chi connectivity index (χ4n) is 8.19. The second-order valence-corrected chi connectivity index (χ2v) is 19.9. The number of unbranched alkanes of at least 4 members (excludes halogenated alkanes) is 25. The largest absolute Gasteiger partial charge is 0.462 e. The number of hydrogen-bond donors (Lipinski definition) is 0. The van der Waals surface area contributed by atoms with E-state index >= 15 is 0 Å². The van der Waals surface area contributed by atoms with Crippen molar-refractivity contribution in [3.63, 3.8) is 0 Å². The molecule has 0 saturated carbocycles. The number of allylic oxidation sites excluding steroid dienone is 18. The Kier molecular flexibility index (Phi) is 57.4. The van der Waals surface area contributed by atoms with Gasteiger partial charge in [0.05, 0.1) is 0 Å². The number of rotatable bonds is 54. The Labute approximate surface area is 450 Å². The Morgan fingerprint density at radius 3 is 0.904 bits per heavy atom. The zero-order valence-corrected chi connectivity index (χ0v) is 47.6. The first-order chi connectivity index (χ1) is 36.0. The molecular weight excluding hydrogens is 901 g/mol. The molecule has 0 rings (SSSR count). The van der Waals surface area contributed by atoms with Crippen LogP contribution in [0.2, 0.25) is 0 Å². The summed E-state index contributed by atoms with van der Waals surface area (Å²) >= 11 is 0. The van der Waals surface area contributed by atoms with E-state index in [1.807, 2.05) is 0 Å². The first-order valence-corrected chi connectivity index (χ1v) is 30.4. The third-order valence-electron chi connectivity index (χ3n) is 12.7. The first-order valence-electron chi connectivity index (χ1n) is 30.4. The summed E-state index contributed by atoms with van der Waals surface area (Å²) in [5.41, 5.74) is 0. The molecule has 0 saturated heterocycles. The van der Waals surface area contributed by atoms with Crippen LogP contribution in [0.3, 0.4) is 0 Å². The SMILES string of the molecule is CC/C=C\C/C=C\C/C=C\C/C=C\C/C=C\CCCC(=O)OC(COC(=O)CCCCCCC/C=C\C/C=C\CCCCC)COC(=O)CCCCCCCCCCCCC/C=C\C/C=C\CCCCCCC. The van der Waals surface area contributed by atoms with Crippen LogP contribution >= 0.6 is 0 Å². The maximum Gasteiger partial charge on any atom is 0.306 e. The maximum atomic E-state index is 12.9. The molecule has 6 heteroatoms. The lowest BCUT2D eigenvalue weighted by Crippen LogP contribution is -2.30. The quantitative estimate of drug-likeness (QED) is 0.0261. The lowest BCUT2D eigenvalue weighted by Gasteiger charge is -2.18. The van der Waals surface area contributed by atoms with Crippen molar-refractivity contribution >= 4 is 17.9 Å². The minimum absolute atomic E-state index is 0.107. The van der Waals surface area contributed by atoms with E-state index in [0.717, 1.165) is 109 Å². The van der Waals surface area contributed by atoms with E-state index in [1.165, 1.54) is 122 Å². The number of hydrogen-bond acceptors (Lipinski definition) is 6. The summed E-state index contributed by atoms with van der Waals surface area (Å²) in [5.74, 6) is -0.979. The van der Waals surface area contributed by atoms with Crippen LogP contribution in [-0.4, -0.2) is 37.2 Å². The van der Waals surface area contributed by atoms with Crippen molar-refractivity contribution in [1.29, 1.82) is 0 Å². The summed E-state index contributed by atoms with van der Waals surface area (Å²) in [4.78, 5) is 38.2. The van der Waals surface area contributed by atoms with Crippen LogP contribution in [-0.2, 0) is 28.6 Å². The van der Waals surface area contributed by atoms with E-state index in [4.69, 9.17) is 14.2 Å². The summed E-state index contributed by atoms with van der Waals surface area (Å²) < 4.78 is 16.8. The van der Waals surface area contributed by atoms with Gasteiger partial charge >= 0.3 is 17.9 Å². The molecule has 416 valence electrons. The second kappa shape index (κ2) is 60.6. The molecule has 0 aromatic heterocycles. The fourth-order valence-corrected chi connectivity index (χ4v) is 8.19. The van der Waals surface area contributed by atoms with E-state index in [0.29, 0.717) is 19.3 Å². The smallest absolute Gasteiger partial charge is 0.306 e. The van der Waals surface area contributed by atoms with E-state index in [-0.39, 0.29) is 37.5 Å². The summed E-state index contributed by atoms with van der Waals surface area (Å²) in [6.07, 6.45) is 82.3. The molecule has 0 aromatic rings. The highest BCUT2D eigenvalue weighted by Gasteiger charge is 2.19. The molecule has 0 N–H and O–H groups in total. The minimum Gasteiger partial charge on any atom is -0.462 e. The molecule has 73 heavy (non-hydrogen) atoms. The van der Waals surface area contributed by atoms with E-state index in [2.05, 4.69) is 130 Å². The lowest BCUT2D eigenvalue weighted by atomic mass is 10.0. The predicted molar refractivity (Wildman–Crippen MR) is 316 cm³/mol. The maximum absolute atomic E-state index is 12.9. The molecule has 0 bridgehead atoms. The molecule has 6 nitrogen and oxygen atoms in total. The van der Waals surface area contributed by atoms with Gasteiger partial charge in [-0.25, -0.2) is 0 Å². The molecule has 0 amide bonds. The Morgan fingerprint density at radius 1 is 0.288 bits per heavy atom. The highest BCUT2D eigenvalue weighted by Crippen LogP contribution is 2.15. The average Bonchev–Trinajstić information content (AvgIpc) is 3.39. The van der Waals surface area contributed by atoms with Crippen LogP contribution in [0.15, 0.2) is 109 Å². The summed E-state index contributed by atoms with van der Waals surface area (Å²) in [6.45, 7) is 6.44. The lowest BCUT2D eigenvalue weighted by molar-refractivity contribution is -0.167. The first kappa shape index (κ1) is 69.1. The molecule has 0 aromatic carbocycles. The Morgan fingerprint density at radius 2 is 0.548 bits per heavy atom. The van der Waals surface area contributed by atoms with Crippen LogP contribution < -0.4 is 0 Å². The Balaban J connectivity index is 4.44. The monoisotopic (exact) mass is 1010 g/mol. The molecule has 0 heterocycles. The van der Waals surface area contributed by atoms with E-state index in [1.54, 1.807) is 0 Å². The van der Waals surface area contributed by atoms with Gasteiger partial charge in [0.25, 0.3) is 0 Å². The minimum atomic E-state index is -0.817. The van der Waals surface area contributed by atoms with Crippen molar-refractivity contribution in [2.24, 2.45) is 0 Å². The van der Waals surface area contributed by atoms with Gasteiger partial charge in [-0.05, 0) is 122 Å². The molecular formula is C67H112O6. The van der Waals surface area contributed by atoms with Gasteiger partial charge in [-0.1, -0.05) is 246 Å². The summed E-state index contributed by atoms with van der Waals surface area (Å²) in [5, 5.41) is 0. The topological polar surface area (TPSA) is 78.9 Å². The molecule has 0 aliphatic carbocycles. The van der Waals surface area contributed by atoms with Crippen molar-refractivity contribution in [3.05, 3.63) is 109 Å². The van der Waals surface area contributed by atoms with Crippen LogP contribution in [0.4, 0.5) is 0 Å². The van der Waals surface area contributed by atoms with Crippen LogP contribution in [0.5, 0.6) is 0 Å². The molecule has 0 aliphatic rings. The summed E-state index contributed by atoms with van der Waals surface area (Å²) in [7, 11) is 0. The van der Waals surface area contributed by atoms with Gasteiger partial charge < -0.3 is 14.2 Å². The van der Waals surface area contributed by atoms with Crippen molar-refractivity contribution in [3.8, 4) is 0 Å². The fraction of sp³-hybridized carbons (Fsp3) is 0.687. The molecule has 0 aliphatic heterocycles. The van der Waals surface area contributed by atoms with Gasteiger partial charge in [0, 0.05) is 19.3 Å². The molecule has 1 atom stereocenters. The van der Waals surface area contributed by atoms with Crippen molar-refractivity contribution in [1.82, 2.24) is 0 Å². The normalized spacial score (nSPS) is 12.9. The van der Waals surface area contributed by atoms with Gasteiger partial charge in [-0.15, -0.1) is 0 Å². The van der Waals surface area contributed by atoms with Crippen molar-refractivity contribution in [2.45, 2.75) is 284 Å². The van der Waals surface area contributed by atoms with Gasteiger partial charge in [0.15, 0.2) is 6.10 Å². The molecule has 1 unspecified atom stereocenters. The predicted octanol–water partition coefficient (Wildman–Crippen LogP) is 20.7. The van der Waals surface area contributed by atoms with Gasteiger partial charge in [0.1, 0.15) is 13.2 Å². The standard InChI is InChI=1S/C67H112O6/c1-4-7-10-13-16-19-22-25-28-30-31-32-33-34-35-37-39-42-45-48-51-54-57-60-66(69)72-63-64(62-71-65(68)59-56-53-50-47-44-41-38-27-24-21-18-15-12-9-6-3)73-67(70)61-58-55-52-49-46-43-40-36-29-26-23-20-17-14-11-8-5-2/h8,11,17-18,20-22,25-27,29-31,38,40,43,49,52,64H,4-7,9-10,12-16,19,23-24,28,32-37,39,41-42,44-48,50-51,53-63H2,1-3H3/b11-8-,20-17-,21-18-,25-22-,29-26-,31-30-,38-27-,43-40-,52-49-. The molecule has 0 spiro atoms. The second-order valence-electron chi connectivity index (χ2n) is 19.9. The van der Waals surface area contributed by atoms with Gasteiger partial charge in [-0.2, -0.15) is 0 Å². The number of esters is 3. The zero-order chi connectivity index (χ0) is 52.9. The third-order valence-corrected chi connectivity index (χ3v) is 12.7. The van der Waals surface area contributed by atoms with E-state index < -0.39 is 6.10 Å². The van der Waals surface area contributed by atoms with E-state index in [9.17, 15) is 14.4 Å². The summed E-state index contributed by atoms with van der Waals surface area (Å²) in [6, 6.07) is 0. The highest BCUT2D eigenvalue weighted by molar-refractivity contribution is 5.71.